The largest absolute Gasteiger partial charge is 0.389 e. The third-order valence-corrected chi connectivity index (χ3v) is 4.20. The van der Waals surface area contributed by atoms with E-state index in [1.807, 2.05) is 32.0 Å². The Balaban J connectivity index is 1.83. The Morgan fingerprint density at radius 1 is 1.05 bits per heavy atom. The van der Waals surface area contributed by atoms with E-state index >= 15 is 0 Å². The quantitative estimate of drug-likeness (QED) is 0.925. The van der Waals surface area contributed by atoms with Gasteiger partial charge in [-0.2, -0.15) is 0 Å². The number of halogens is 2. The Labute approximate surface area is 131 Å². The molecule has 0 bridgehead atoms. The monoisotopic (exact) mass is 316 g/mol. The fourth-order valence-corrected chi connectivity index (χ4v) is 2.87. The minimum absolute atomic E-state index is 0.602. The number of benzene rings is 1. The van der Waals surface area contributed by atoms with Crippen LogP contribution in [0.3, 0.4) is 0 Å². The van der Waals surface area contributed by atoms with Crippen LogP contribution < -0.4 is 0 Å². The second-order valence-corrected chi connectivity index (χ2v) is 6.93. The van der Waals surface area contributed by atoms with E-state index in [2.05, 4.69) is 9.80 Å². The molecule has 1 aromatic carbocycles. The molecule has 1 aliphatic heterocycles. The van der Waals surface area contributed by atoms with Crippen LogP contribution in [0.15, 0.2) is 18.2 Å². The predicted octanol–water partition coefficient (Wildman–Crippen LogP) is 2.88. The van der Waals surface area contributed by atoms with Crippen molar-refractivity contribution in [2.45, 2.75) is 26.0 Å². The average molecular weight is 317 g/mol. The molecule has 0 unspecified atom stereocenters. The van der Waals surface area contributed by atoms with Gasteiger partial charge < -0.3 is 5.11 Å². The van der Waals surface area contributed by atoms with Crippen molar-refractivity contribution in [3.05, 3.63) is 33.8 Å². The molecule has 0 spiro atoms. The number of β-amino-alcohol motifs (C(OH)–C–C–N with tert-alkyl or cyclic N) is 1. The third-order valence-electron chi connectivity index (χ3n) is 3.47. The highest BCUT2D eigenvalue weighted by atomic mass is 35.5. The highest BCUT2D eigenvalue weighted by molar-refractivity contribution is 6.42. The number of hydrogen-bond donors (Lipinski definition) is 1. The lowest BCUT2D eigenvalue weighted by molar-refractivity contribution is 0.0167. The Hall–Kier alpha value is -0.320. The van der Waals surface area contributed by atoms with Gasteiger partial charge in [-0.1, -0.05) is 29.3 Å². The highest BCUT2D eigenvalue weighted by Crippen LogP contribution is 2.23. The van der Waals surface area contributed by atoms with Gasteiger partial charge in [0, 0.05) is 39.3 Å². The standard InChI is InChI=1S/C15H22Cl2N2O/c1-15(2,20)11-19-7-5-18(6-8-19)10-12-3-4-13(16)14(17)9-12/h3-4,9,20H,5-8,10-11H2,1-2H3. The summed E-state index contributed by atoms with van der Waals surface area (Å²) in [6.07, 6.45) is 0. The van der Waals surface area contributed by atoms with Crippen molar-refractivity contribution in [3.63, 3.8) is 0 Å². The van der Waals surface area contributed by atoms with Crippen LogP contribution in [0.2, 0.25) is 10.0 Å². The summed E-state index contributed by atoms with van der Waals surface area (Å²) in [6, 6.07) is 5.81. The molecule has 1 N–H and O–H groups in total. The number of nitrogens with zero attached hydrogens (tertiary/aromatic N) is 2. The summed E-state index contributed by atoms with van der Waals surface area (Å²) in [5.41, 5.74) is 0.571. The van der Waals surface area contributed by atoms with Gasteiger partial charge in [0.2, 0.25) is 0 Å². The summed E-state index contributed by atoms with van der Waals surface area (Å²) in [7, 11) is 0. The van der Waals surface area contributed by atoms with Crippen molar-refractivity contribution in [1.82, 2.24) is 9.80 Å². The molecule has 1 aliphatic rings. The molecule has 3 nitrogen and oxygen atoms in total. The first-order valence-electron chi connectivity index (χ1n) is 6.94. The van der Waals surface area contributed by atoms with Gasteiger partial charge >= 0.3 is 0 Å². The van der Waals surface area contributed by atoms with E-state index in [1.165, 1.54) is 5.56 Å². The fourth-order valence-electron chi connectivity index (χ4n) is 2.55. The van der Waals surface area contributed by atoms with Gasteiger partial charge in [-0.05, 0) is 31.5 Å². The molecule has 1 fully saturated rings. The van der Waals surface area contributed by atoms with Crippen molar-refractivity contribution in [1.29, 1.82) is 0 Å². The van der Waals surface area contributed by atoms with E-state index in [4.69, 9.17) is 23.2 Å². The van der Waals surface area contributed by atoms with E-state index < -0.39 is 5.60 Å². The first kappa shape index (κ1) is 16.1. The zero-order chi connectivity index (χ0) is 14.8. The van der Waals surface area contributed by atoms with Crippen LogP contribution in [0.5, 0.6) is 0 Å². The molecule has 0 amide bonds. The maximum absolute atomic E-state index is 9.85. The molecule has 20 heavy (non-hydrogen) atoms. The first-order valence-corrected chi connectivity index (χ1v) is 7.70. The number of piperazine rings is 1. The van der Waals surface area contributed by atoms with Crippen molar-refractivity contribution >= 4 is 23.2 Å². The molecule has 1 aromatic rings. The minimum Gasteiger partial charge on any atom is -0.389 e. The summed E-state index contributed by atoms with van der Waals surface area (Å²) in [5.74, 6) is 0. The zero-order valence-electron chi connectivity index (χ0n) is 12.1. The number of hydrogen-bond acceptors (Lipinski definition) is 3. The van der Waals surface area contributed by atoms with Crippen molar-refractivity contribution in [2.75, 3.05) is 32.7 Å². The van der Waals surface area contributed by atoms with E-state index in [-0.39, 0.29) is 0 Å². The highest BCUT2D eigenvalue weighted by Gasteiger charge is 2.22. The van der Waals surface area contributed by atoms with Crippen LogP contribution in [0.1, 0.15) is 19.4 Å². The minimum atomic E-state index is -0.619. The Morgan fingerprint density at radius 2 is 1.65 bits per heavy atom. The lowest BCUT2D eigenvalue weighted by Gasteiger charge is -2.37. The average Bonchev–Trinajstić information content (AvgIpc) is 2.35. The van der Waals surface area contributed by atoms with Crippen molar-refractivity contribution in [3.8, 4) is 0 Å². The molecule has 1 heterocycles. The van der Waals surface area contributed by atoms with Gasteiger partial charge in [0.05, 0.1) is 15.6 Å². The molecule has 0 atom stereocenters. The lowest BCUT2D eigenvalue weighted by Crippen LogP contribution is -2.50. The predicted molar refractivity (Wildman–Crippen MR) is 84.5 cm³/mol. The van der Waals surface area contributed by atoms with Crippen molar-refractivity contribution < 1.29 is 5.11 Å². The fraction of sp³-hybridized carbons (Fsp3) is 0.600. The van der Waals surface area contributed by atoms with E-state index in [1.54, 1.807) is 0 Å². The summed E-state index contributed by atoms with van der Waals surface area (Å²) in [6.45, 7) is 9.34. The van der Waals surface area contributed by atoms with Gasteiger partial charge in [0.15, 0.2) is 0 Å². The summed E-state index contributed by atoms with van der Waals surface area (Å²) in [5, 5.41) is 11.1. The molecule has 0 aromatic heterocycles. The third kappa shape index (κ3) is 4.90. The molecule has 1 saturated heterocycles. The SMILES string of the molecule is CC(C)(O)CN1CCN(Cc2ccc(Cl)c(Cl)c2)CC1. The molecular formula is C15H22Cl2N2O. The maximum atomic E-state index is 9.85. The molecule has 2 rings (SSSR count). The van der Waals surface area contributed by atoms with E-state index in [9.17, 15) is 5.11 Å². The summed E-state index contributed by atoms with van der Waals surface area (Å²) < 4.78 is 0. The lowest BCUT2D eigenvalue weighted by atomic mass is 10.1. The maximum Gasteiger partial charge on any atom is 0.0718 e. The van der Waals surface area contributed by atoms with Crippen LogP contribution in [0.25, 0.3) is 0 Å². The molecule has 112 valence electrons. The van der Waals surface area contributed by atoms with Crippen LogP contribution in [0, 0.1) is 0 Å². The van der Waals surface area contributed by atoms with E-state index in [0.717, 1.165) is 39.3 Å². The van der Waals surface area contributed by atoms with Gasteiger partial charge in [0.25, 0.3) is 0 Å². The van der Waals surface area contributed by atoms with Crippen LogP contribution in [-0.2, 0) is 6.54 Å². The van der Waals surface area contributed by atoms with Gasteiger partial charge in [-0.15, -0.1) is 0 Å². The van der Waals surface area contributed by atoms with Gasteiger partial charge in [0.1, 0.15) is 0 Å². The Bertz CT molecular complexity index is 452. The van der Waals surface area contributed by atoms with E-state index in [0.29, 0.717) is 10.0 Å². The molecule has 5 heteroatoms. The molecular weight excluding hydrogens is 295 g/mol. The molecule has 0 aliphatic carbocycles. The number of aliphatic hydroxyl groups is 1. The van der Waals surface area contributed by atoms with Gasteiger partial charge in [-0.3, -0.25) is 9.80 Å². The molecule has 0 saturated carbocycles. The normalized spacial score (nSPS) is 18.4. The summed E-state index contributed by atoms with van der Waals surface area (Å²) >= 11 is 12.0. The second kappa shape index (κ2) is 6.63. The van der Waals surface area contributed by atoms with Gasteiger partial charge in [-0.25, -0.2) is 0 Å². The summed E-state index contributed by atoms with van der Waals surface area (Å²) in [4.78, 5) is 4.71. The Kier molecular flexibility index (Phi) is 5.32. The second-order valence-electron chi connectivity index (χ2n) is 6.11. The smallest absolute Gasteiger partial charge is 0.0718 e. The van der Waals surface area contributed by atoms with Crippen LogP contribution >= 0.6 is 23.2 Å². The first-order chi connectivity index (χ1) is 9.33. The zero-order valence-corrected chi connectivity index (χ0v) is 13.6. The molecule has 0 radical (unpaired) electrons. The van der Waals surface area contributed by atoms with Crippen LogP contribution in [-0.4, -0.2) is 53.2 Å². The Morgan fingerprint density at radius 3 is 2.20 bits per heavy atom. The number of rotatable bonds is 4. The van der Waals surface area contributed by atoms with Crippen molar-refractivity contribution in [2.24, 2.45) is 0 Å². The topological polar surface area (TPSA) is 26.7 Å². The van der Waals surface area contributed by atoms with Crippen LogP contribution in [0.4, 0.5) is 0 Å².